The molecule has 2 N–H and O–H groups in total. The van der Waals surface area contributed by atoms with Crippen LogP contribution < -0.4 is 9.83 Å². The summed E-state index contributed by atoms with van der Waals surface area (Å²) in [4.78, 5) is 0. The Morgan fingerprint density at radius 2 is 1.80 bits per heavy atom. The van der Waals surface area contributed by atoms with Gasteiger partial charge >= 0.3 is 7.37 Å². The molecule has 0 bridgehead atoms. The summed E-state index contributed by atoms with van der Waals surface area (Å²) >= 11 is 0. The maximum atomic E-state index is 13.8. The van der Waals surface area contributed by atoms with Crippen LogP contribution in [0.15, 0.2) is 72.3 Å². The molecule has 4 nitrogen and oxygen atoms in total. The highest BCUT2D eigenvalue weighted by Crippen LogP contribution is 2.58. The summed E-state index contributed by atoms with van der Waals surface area (Å²) in [6.07, 6.45) is 5.31. The van der Waals surface area contributed by atoms with Gasteiger partial charge in [-0.2, -0.15) is 0 Å². The van der Waals surface area contributed by atoms with Crippen molar-refractivity contribution in [3.05, 3.63) is 72.3 Å². The van der Waals surface area contributed by atoms with Gasteiger partial charge in [0.05, 0.1) is 10.9 Å². The highest BCUT2D eigenvalue weighted by Gasteiger charge is 2.43. The van der Waals surface area contributed by atoms with E-state index in [4.69, 9.17) is 4.52 Å². The minimum Gasteiger partial charge on any atom is -0.437 e. The van der Waals surface area contributed by atoms with Crippen molar-refractivity contribution in [3.63, 3.8) is 0 Å². The van der Waals surface area contributed by atoms with Gasteiger partial charge in [-0.3, -0.25) is 4.57 Å². The number of fused-ring (bicyclic) bond motifs is 3. The van der Waals surface area contributed by atoms with Crippen molar-refractivity contribution in [3.8, 4) is 16.9 Å². The van der Waals surface area contributed by atoms with Gasteiger partial charge < -0.3 is 14.7 Å². The lowest BCUT2D eigenvalue weighted by Gasteiger charge is -2.33. The maximum absolute atomic E-state index is 13.8. The van der Waals surface area contributed by atoms with Crippen molar-refractivity contribution in [2.75, 3.05) is 0 Å². The van der Waals surface area contributed by atoms with Crippen LogP contribution in [0.4, 0.5) is 0 Å². The highest BCUT2D eigenvalue weighted by atomic mass is 31.2. The molecule has 5 heteroatoms. The van der Waals surface area contributed by atoms with Crippen LogP contribution in [-0.4, -0.2) is 21.7 Å². The minimum atomic E-state index is -3.58. The van der Waals surface area contributed by atoms with Crippen molar-refractivity contribution in [1.29, 1.82) is 0 Å². The molecule has 0 fully saturated rings. The Kier molecular flexibility index (Phi) is 3.73. The summed E-state index contributed by atoms with van der Waals surface area (Å²) in [5, 5.41) is 21.5. The number of benzene rings is 2. The minimum absolute atomic E-state index is 0.355. The lowest BCUT2D eigenvalue weighted by Crippen LogP contribution is -2.29. The largest absolute Gasteiger partial charge is 0.437 e. The molecule has 25 heavy (non-hydrogen) atoms. The molecule has 0 saturated heterocycles. The second-order valence-electron chi connectivity index (χ2n) is 6.67. The summed E-state index contributed by atoms with van der Waals surface area (Å²) in [5.41, 5.74) is 1.24. The Hall–Kier alpha value is -2.13. The van der Waals surface area contributed by atoms with E-state index in [2.05, 4.69) is 0 Å². The number of hydrogen-bond donors (Lipinski definition) is 2. The molecule has 0 radical (unpaired) electrons. The van der Waals surface area contributed by atoms with Gasteiger partial charge in [0.15, 0.2) is 5.85 Å². The van der Waals surface area contributed by atoms with E-state index in [0.29, 0.717) is 23.0 Å². The Labute approximate surface area is 146 Å². The van der Waals surface area contributed by atoms with Gasteiger partial charge in [0.2, 0.25) is 0 Å². The fraction of sp³-hybridized carbons (Fsp3) is 0.200. The molecular formula is C20H19O4P. The molecule has 1 heterocycles. The third kappa shape index (κ3) is 2.67. The summed E-state index contributed by atoms with van der Waals surface area (Å²) in [6.45, 7) is 1.69. The number of aliphatic hydroxyl groups is 2. The van der Waals surface area contributed by atoms with Crippen LogP contribution in [-0.2, 0) is 4.57 Å². The van der Waals surface area contributed by atoms with Gasteiger partial charge in [-0.05, 0) is 36.6 Å². The molecule has 2 aliphatic rings. The van der Waals surface area contributed by atoms with E-state index in [1.165, 1.54) is 0 Å². The van der Waals surface area contributed by atoms with Crippen molar-refractivity contribution >= 4 is 12.7 Å². The third-order valence-electron chi connectivity index (χ3n) is 4.66. The normalized spacial score (nSPS) is 28.4. The molecular weight excluding hydrogens is 335 g/mol. The average Bonchev–Trinajstić information content (AvgIpc) is 2.61. The standard InChI is InChI=1S/C20H19O4P/c1-20(22)12-10-14(11-13-20)19(21)25(23)18-9-5-3-7-16(18)15-6-2-4-8-17(15)24-25/h2-12,19,21-22H,13H2,1H3. The molecule has 3 unspecified atom stereocenters. The fourth-order valence-electron chi connectivity index (χ4n) is 3.24. The summed E-state index contributed by atoms with van der Waals surface area (Å²) in [5.74, 6) is -0.773. The molecule has 4 rings (SSSR count). The summed E-state index contributed by atoms with van der Waals surface area (Å²) < 4.78 is 19.7. The van der Waals surface area contributed by atoms with Crippen LogP contribution in [0.3, 0.4) is 0 Å². The zero-order valence-corrected chi connectivity index (χ0v) is 14.7. The average molecular weight is 354 g/mol. The van der Waals surface area contributed by atoms with Crippen LogP contribution in [0.25, 0.3) is 11.1 Å². The lowest BCUT2D eigenvalue weighted by molar-refractivity contribution is 0.113. The predicted molar refractivity (Wildman–Crippen MR) is 98.2 cm³/mol. The third-order valence-corrected chi connectivity index (χ3v) is 7.13. The molecule has 128 valence electrons. The first-order valence-electron chi connectivity index (χ1n) is 8.19. The van der Waals surface area contributed by atoms with Gasteiger partial charge in [0, 0.05) is 5.56 Å². The summed E-state index contributed by atoms with van der Waals surface area (Å²) in [6, 6.07) is 14.7. The van der Waals surface area contributed by atoms with E-state index in [-0.39, 0.29) is 0 Å². The Balaban J connectivity index is 1.82. The van der Waals surface area contributed by atoms with E-state index in [0.717, 1.165) is 11.1 Å². The van der Waals surface area contributed by atoms with Crippen LogP contribution >= 0.6 is 7.37 Å². The SMILES string of the molecule is CC1(O)C=CC(C(O)P2(=O)Oc3ccccc3-c3ccccc32)=CC1. The highest BCUT2D eigenvalue weighted by molar-refractivity contribution is 7.68. The van der Waals surface area contributed by atoms with E-state index >= 15 is 0 Å². The molecule has 3 atom stereocenters. The van der Waals surface area contributed by atoms with Crippen LogP contribution in [0, 0.1) is 0 Å². The molecule has 2 aromatic rings. The smallest absolute Gasteiger partial charge is 0.310 e. The molecule has 2 aromatic carbocycles. The first-order chi connectivity index (χ1) is 11.9. The fourth-order valence-corrected chi connectivity index (χ4v) is 5.56. The Morgan fingerprint density at radius 3 is 2.52 bits per heavy atom. The van der Waals surface area contributed by atoms with Crippen molar-refractivity contribution in [1.82, 2.24) is 0 Å². The topological polar surface area (TPSA) is 66.8 Å². The second kappa shape index (κ2) is 5.70. The van der Waals surface area contributed by atoms with Crippen molar-refractivity contribution in [2.24, 2.45) is 0 Å². The quantitative estimate of drug-likeness (QED) is 0.809. The maximum Gasteiger partial charge on any atom is 0.310 e. The zero-order chi connectivity index (χ0) is 17.7. The summed E-state index contributed by atoms with van der Waals surface area (Å²) in [7, 11) is -3.58. The number of para-hydroxylation sites is 1. The van der Waals surface area contributed by atoms with Gasteiger partial charge in [-0.15, -0.1) is 0 Å². The van der Waals surface area contributed by atoms with E-state index in [9.17, 15) is 14.8 Å². The number of aliphatic hydroxyl groups excluding tert-OH is 1. The first kappa shape index (κ1) is 16.3. The first-order valence-corrected chi connectivity index (χ1v) is 9.88. The molecule has 1 aliphatic carbocycles. The van der Waals surface area contributed by atoms with Crippen LogP contribution in [0.5, 0.6) is 5.75 Å². The second-order valence-corrected chi connectivity index (χ2v) is 9.02. The lowest BCUT2D eigenvalue weighted by atomic mass is 9.94. The molecule has 1 aliphatic heterocycles. The van der Waals surface area contributed by atoms with E-state index < -0.39 is 18.8 Å². The molecule has 0 saturated carbocycles. The number of hydrogen-bond acceptors (Lipinski definition) is 4. The van der Waals surface area contributed by atoms with Gasteiger partial charge in [0.1, 0.15) is 5.75 Å². The van der Waals surface area contributed by atoms with Gasteiger partial charge in [-0.25, -0.2) is 0 Å². The zero-order valence-electron chi connectivity index (χ0n) is 13.8. The molecule has 0 amide bonds. The Bertz CT molecular complexity index is 942. The van der Waals surface area contributed by atoms with Crippen molar-refractivity contribution in [2.45, 2.75) is 24.8 Å². The van der Waals surface area contributed by atoms with Gasteiger partial charge in [0.25, 0.3) is 0 Å². The van der Waals surface area contributed by atoms with E-state index in [1.807, 2.05) is 30.3 Å². The predicted octanol–water partition coefficient (Wildman–Crippen LogP) is 3.61. The van der Waals surface area contributed by atoms with Crippen LogP contribution in [0.1, 0.15) is 13.3 Å². The molecule has 0 spiro atoms. The number of rotatable bonds is 2. The Morgan fingerprint density at radius 1 is 1.12 bits per heavy atom. The monoisotopic (exact) mass is 354 g/mol. The van der Waals surface area contributed by atoms with Crippen LogP contribution in [0.2, 0.25) is 0 Å². The van der Waals surface area contributed by atoms with Gasteiger partial charge in [-0.1, -0.05) is 54.6 Å². The molecule has 0 aromatic heterocycles. The van der Waals surface area contributed by atoms with Crippen molar-refractivity contribution < 1.29 is 19.3 Å². The van der Waals surface area contributed by atoms with E-state index in [1.54, 1.807) is 43.4 Å².